The number of H-pyrrole nitrogens is 3. The van der Waals surface area contributed by atoms with E-state index in [2.05, 4.69) is 58.1 Å². The number of rotatable bonds is 5. The highest BCUT2D eigenvalue weighted by Gasteiger charge is 2.09. The standard InChI is InChI=1S/C15H10N4.C14H11N3.C9H7NO.C5H6N2/c16-8-15(19-11-4-3-7-17-9-11)13-10-18-14-6-2-1-5-12(13)14;1-2-6-14-13(5-1)11(9-17-14)8-16-12-4-3-7-15-10-12;11-6-7-5-10-9-4-2-1-3-8(7)9;6-5-2-1-3-7-4-5/h1-7,9-10,18H;1-10,17H;1-6,10H;1-4H,6H2. The Kier molecular flexibility index (Phi) is 12.2. The number of hydrogen-bond acceptors (Lipinski definition) is 8. The molecule has 0 aliphatic rings. The van der Waals surface area contributed by atoms with Gasteiger partial charge in [-0.05, 0) is 54.6 Å². The summed E-state index contributed by atoms with van der Waals surface area (Å²) in [5, 5.41) is 12.5. The molecule has 54 heavy (non-hydrogen) atoms. The molecule has 6 aromatic heterocycles. The smallest absolute Gasteiger partial charge is 0.152 e. The number of aldehydes is 1. The van der Waals surface area contributed by atoms with Crippen molar-refractivity contribution >= 4 is 68.0 Å². The molecule has 0 atom stereocenters. The first-order valence-corrected chi connectivity index (χ1v) is 16.7. The van der Waals surface area contributed by atoms with Crippen molar-refractivity contribution < 1.29 is 4.79 Å². The second-order valence-electron chi connectivity index (χ2n) is 11.5. The average Bonchev–Trinajstić information content (AvgIpc) is 3.98. The van der Waals surface area contributed by atoms with Crippen molar-refractivity contribution in [3.63, 3.8) is 0 Å². The average molecular weight is 707 g/mol. The highest BCUT2D eigenvalue weighted by atomic mass is 16.1. The minimum Gasteiger partial charge on any atom is -0.397 e. The van der Waals surface area contributed by atoms with E-state index in [9.17, 15) is 10.1 Å². The van der Waals surface area contributed by atoms with Gasteiger partial charge in [-0.15, -0.1) is 0 Å². The topological polar surface area (TPSA) is 178 Å². The Morgan fingerprint density at radius 2 is 1.13 bits per heavy atom. The number of pyridine rings is 3. The first kappa shape index (κ1) is 35.8. The summed E-state index contributed by atoms with van der Waals surface area (Å²) in [7, 11) is 0. The molecular formula is C43H34N10O. The number of aliphatic imine (C=N–C) groups is 2. The fourth-order valence-corrected chi connectivity index (χ4v) is 5.30. The van der Waals surface area contributed by atoms with E-state index >= 15 is 0 Å². The molecule has 3 aromatic carbocycles. The predicted molar refractivity (Wildman–Crippen MR) is 216 cm³/mol. The van der Waals surface area contributed by atoms with Crippen LogP contribution in [0.3, 0.4) is 0 Å². The number of carbonyl (C=O) groups is 1. The molecule has 0 saturated carbocycles. The molecule has 262 valence electrons. The van der Waals surface area contributed by atoms with E-state index in [1.165, 1.54) is 5.39 Å². The van der Waals surface area contributed by atoms with Gasteiger partial charge >= 0.3 is 0 Å². The SMILES string of the molecule is C(=Nc1cccnc1)c1c[nH]c2ccccc12.N#CC(=Nc1cccnc1)c1c[nH]c2ccccc12.Nc1cccnc1.O=Cc1c[nH]c2ccccc12. The fraction of sp³-hybridized carbons (Fsp3) is 0. The van der Waals surface area contributed by atoms with E-state index < -0.39 is 0 Å². The number of aromatic nitrogens is 6. The first-order valence-electron chi connectivity index (χ1n) is 16.7. The van der Waals surface area contributed by atoms with Crippen LogP contribution in [0.4, 0.5) is 17.1 Å². The van der Waals surface area contributed by atoms with Gasteiger partial charge in [-0.1, -0.05) is 54.6 Å². The predicted octanol–water partition coefficient (Wildman–Crippen LogP) is 9.16. The Morgan fingerprint density at radius 1 is 0.611 bits per heavy atom. The van der Waals surface area contributed by atoms with Crippen LogP contribution in [0.15, 0.2) is 175 Å². The zero-order valence-electron chi connectivity index (χ0n) is 28.9. The molecule has 6 heterocycles. The lowest BCUT2D eigenvalue weighted by molar-refractivity contribution is 0.112. The van der Waals surface area contributed by atoms with Crippen LogP contribution in [0.25, 0.3) is 32.7 Å². The quantitative estimate of drug-likeness (QED) is 0.102. The lowest BCUT2D eigenvalue weighted by atomic mass is 10.1. The Morgan fingerprint density at radius 3 is 1.67 bits per heavy atom. The normalized spacial score (nSPS) is 10.8. The summed E-state index contributed by atoms with van der Waals surface area (Å²) in [5.74, 6) is 0. The number of nitrogens with one attached hydrogen (secondary N) is 3. The Labute approximate surface area is 310 Å². The number of nitriles is 1. The summed E-state index contributed by atoms with van der Waals surface area (Å²) in [4.78, 5) is 40.3. The van der Waals surface area contributed by atoms with Gasteiger partial charge in [0.25, 0.3) is 0 Å². The number of aromatic amines is 3. The number of carbonyl (C=O) groups excluding carboxylic acids is 1. The first-order chi connectivity index (χ1) is 26.6. The summed E-state index contributed by atoms with van der Waals surface area (Å²) in [6.45, 7) is 0. The molecule has 9 aromatic rings. The van der Waals surface area contributed by atoms with Gasteiger partial charge in [-0.2, -0.15) is 5.26 Å². The number of benzene rings is 3. The molecule has 0 unspecified atom stereocenters. The Hall–Kier alpha value is -7.97. The van der Waals surface area contributed by atoms with Crippen LogP contribution in [-0.4, -0.2) is 48.1 Å². The van der Waals surface area contributed by atoms with Crippen LogP contribution >= 0.6 is 0 Å². The van der Waals surface area contributed by atoms with Crippen LogP contribution in [0.1, 0.15) is 21.5 Å². The molecule has 0 spiro atoms. The highest BCUT2D eigenvalue weighted by molar-refractivity contribution is 6.19. The van der Waals surface area contributed by atoms with E-state index in [-0.39, 0.29) is 0 Å². The maximum absolute atomic E-state index is 10.5. The van der Waals surface area contributed by atoms with Gasteiger partial charge in [0.2, 0.25) is 0 Å². The van der Waals surface area contributed by atoms with E-state index in [1.54, 1.807) is 61.6 Å². The number of fused-ring (bicyclic) bond motifs is 3. The summed E-state index contributed by atoms with van der Waals surface area (Å²) in [6, 6.07) is 36.9. The van der Waals surface area contributed by atoms with Crippen LogP contribution in [-0.2, 0) is 0 Å². The molecule has 0 radical (unpaired) electrons. The number of para-hydroxylation sites is 3. The maximum atomic E-state index is 10.5. The van der Waals surface area contributed by atoms with E-state index in [0.717, 1.165) is 56.0 Å². The van der Waals surface area contributed by atoms with Crippen LogP contribution in [0.2, 0.25) is 0 Å². The van der Waals surface area contributed by atoms with Crippen molar-refractivity contribution in [3.8, 4) is 6.07 Å². The van der Waals surface area contributed by atoms with Gasteiger partial charge in [-0.3, -0.25) is 24.7 Å². The van der Waals surface area contributed by atoms with E-state index in [0.29, 0.717) is 17.1 Å². The zero-order chi connectivity index (χ0) is 37.4. The van der Waals surface area contributed by atoms with Crippen molar-refractivity contribution in [1.29, 1.82) is 5.26 Å². The fourth-order valence-electron chi connectivity index (χ4n) is 5.30. The van der Waals surface area contributed by atoms with Gasteiger partial charge in [-0.25, -0.2) is 4.99 Å². The third kappa shape index (κ3) is 9.42. The van der Waals surface area contributed by atoms with Crippen molar-refractivity contribution in [1.82, 2.24) is 29.9 Å². The van der Waals surface area contributed by atoms with Crippen LogP contribution in [0, 0.1) is 11.3 Å². The van der Waals surface area contributed by atoms with Crippen molar-refractivity contribution in [2.24, 2.45) is 9.98 Å². The van der Waals surface area contributed by atoms with Gasteiger partial charge in [0.05, 0.1) is 29.5 Å². The van der Waals surface area contributed by atoms with E-state index in [4.69, 9.17) is 5.73 Å². The largest absolute Gasteiger partial charge is 0.397 e. The number of nitrogens with two attached hydrogens (primary N) is 1. The zero-order valence-corrected chi connectivity index (χ0v) is 28.9. The molecule has 11 nitrogen and oxygen atoms in total. The molecule has 11 heteroatoms. The molecule has 0 aliphatic carbocycles. The molecule has 9 rings (SSSR count). The number of anilines is 1. The molecule has 0 saturated heterocycles. The van der Waals surface area contributed by atoms with Gasteiger partial charge in [0.1, 0.15) is 6.07 Å². The molecular weight excluding hydrogens is 673 g/mol. The summed E-state index contributed by atoms with van der Waals surface area (Å²) in [6.07, 6.45) is 18.3. The Bertz CT molecular complexity index is 2650. The monoisotopic (exact) mass is 706 g/mol. The molecule has 5 N–H and O–H groups in total. The summed E-state index contributed by atoms with van der Waals surface area (Å²) < 4.78 is 0. The van der Waals surface area contributed by atoms with E-state index in [1.807, 2.05) is 97.5 Å². The van der Waals surface area contributed by atoms with Crippen molar-refractivity contribution in [2.75, 3.05) is 5.73 Å². The third-order valence-electron chi connectivity index (χ3n) is 7.89. The van der Waals surface area contributed by atoms with Gasteiger partial charge < -0.3 is 20.7 Å². The molecule has 0 bridgehead atoms. The lowest BCUT2D eigenvalue weighted by Crippen LogP contribution is -1.95. The van der Waals surface area contributed by atoms with Crippen molar-refractivity contribution in [2.45, 2.75) is 0 Å². The van der Waals surface area contributed by atoms with Gasteiger partial charge in [0.15, 0.2) is 12.0 Å². The highest BCUT2D eigenvalue weighted by Crippen LogP contribution is 2.21. The molecule has 0 fully saturated rings. The molecule has 0 amide bonds. The lowest BCUT2D eigenvalue weighted by Gasteiger charge is -1.97. The summed E-state index contributed by atoms with van der Waals surface area (Å²) in [5.41, 5.74) is 13.7. The second kappa shape index (κ2) is 18.3. The van der Waals surface area contributed by atoms with Crippen molar-refractivity contribution in [3.05, 3.63) is 182 Å². The number of nitrogen functional groups attached to an aromatic ring is 1. The minimum absolute atomic E-state index is 0.380. The second-order valence-corrected chi connectivity index (χ2v) is 11.5. The molecule has 0 aliphatic heterocycles. The van der Waals surface area contributed by atoms with Crippen LogP contribution < -0.4 is 5.73 Å². The summed E-state index contributed by atoms with van der Waals surface area (Å²) >= 11 is 0. The van der Waals surface area contributed by atoms with Crippen LogP contribution in [0.5, 0.6) is 0 Å². The third-order valence-corrected chi connectivity index (χ3v) is 7.89. The number of nitrogens with zero attached hydrogens (tertiary/aromatic N) is 6. The Balaban J connectivity index is 0.000000130. The maximum Gasteiger partial charge on any atom is 0.152 e. The minimum atomic E-state index is 0.380. The number of hydrogen-bond donors (Lipinski definition) is 4. The van der Waals surface area contributed by atoms with Gasteiger partial charge in [0, 0.05) is 99.0 Å².